The van der Waals surface area contributed by atoms with Crippen LogP contribution in [0.2, 0.25) is 0 Å². The van der Waals surface area contributed by atoms with Gasteiger partial charge in [0.25, 0.3) is 0 Å². The minimum absolute atomic E-state index is 0.277. The van der Waals surface area contributed by atoms with Crippen molar-refractivity contribution in [2.75, 3.05) is 6.54 Å². The third kappa shape index (κ3) is 3.28. The summed E-state index contributed by atoms with van der Waals surface area (Å²) in [7, 11) is -0.690. The first-order valence-electron chi connectivity index (χ1n) is 6.19. The Morgan fingerprint density at radius 2 is 2.07 bits per heavy atom. The number of hydrogen-bond donors (Lipinski definition) is 1. The van der Waals surface area contributed by atoms with E-state index in [4.69, 9.17) is 5.73 Å². The lowest BCUT2D eigenvalue weighted by Gasteiger charge is -2.35. The average molecular weight is 231 g/mol. The minimum Gasteiger partial charge on any atom is -0.330 e. The molecule has 0 aromatic heterocycles. The van der Waals surface area contributed by atoms with Crippen LogP contribution in [0.1, 0.15) is 46.5 Å². The maximum Gasteiger partial charge on any atom is 0.0393 e. The van der Waals surface area contributed by atoms with Crippen molar-refractivity contribution in [1.82, 2.24) is 0 Å². The van der Waals surface area contributed by atoms with Crippen molar-refractivity contribution < 1.29 is 4.21 Å². The lowest BCUT2D eigenvalue weighted by molar-refractivity contribution is 0.279. The van der Waals surface area contributed by atoms with Crippen LogP contribution >= 0.6 is 0 Å². The van der Waals surface area contributed by atoms with E-state index in [1.165, 1.54) is 19.3 Å². The minimum atomic E-state index is -0.690. The molecule has 2 nitrogen and oxygen atoms in total. The van der Waals surface area contributed by atoms with E-state index < -0.39 is 10.8 Å². The van der Waals surface area contributed by atoms with Gasteiger partial charge in [0.05, 0.1) is 0 Å². The summed E-state index contributed by atoms with van der Waals surface area (Å²) >= 11 is 0. The van der Waals surface area contributed by atoms with Crippen molar-refractivity contribution in [3.63, 3.8) is 0 Å². The third-order valence-electron chi connectivity index (χ3n) is 3.68. The topological polar surface area (TPSA) is 43.1 Å². The van der Waals surface area contributed by atoms with Gasteiger partial charge in [0, 0.05) is 21.3 Å². The molecule has 0 spiro atoms. The first-order chi connectivity index (χ1) is 7.10. The average Bonchev–Trinajstić information content (AvgIpc) is 2.27. The second kappa shape index (κ2) is 6.00. The molecule has 1 aliphatic rings. The van der Waals surface area contributed by atoms with Crippen molar-refractivity contribution in [1.29, 1.82) is 0 Å². The largest absolute Gasteiger partial charge is 0.330 e. The van der Waals surface area contributed by atoms with Crippen LogP contribution in [-0.4, -0.2) is 21.3 Å². The predicted molar refractivity (Wildman–Crippen MR) is 67.2 cm³/mol. The lowest BCUT2D eigenvalue weighted by Crippen LogP contribution is -2.39. The monoisotopic (exact) mass is 231 g/mol. The summed E-state index contributed by atoms with van der Waals surface area (Å²) in [5.74, 6) is 1.27. The quantitative estimate of drug-likeness (QED) is 0.807. The van der Waals surface area contributed by atoms with Gasteiger partial charge in [-0.1, -0.05) is 33.6 Å². The molecule has 1 rings (SSSR count). The number of nitrogens with two attached hydrogens (primary N) is 1. The molecule has 0 aromatic rings. The Morgan fingerprint density at radius 1 is 1.40 bits per heavy atom. The van der Waals surface area contributed by atoms with Crippen molar-refractivity contribution >= 4 is 10.8 Å². The molecule has 0 aromatic carbocycles. The molecule has 0 saturated heterocycles. The fourth-order valence-electron chi connectivity index (χ4n) is 2.55. The molecule has 0 aliphatic heterocycles. The second-order valence-corrected chi connectivity index (χ2v) is 7.20. The summed E-state index contributed by atoms with van der Waals surface area (Å²) in [4.78, 5) is 0. The van der Waals surface area contributed by atoms with E-state index in [9.17, 15) is 4.21 Å². The molecule has 1 saturated carbocycles. The van der Waals surface area contributed by atoms with Gasteiger partial charge in [0.15, 0.2) is 0 Å². The molecule has 15 heavy (non-hydrogen) atoms. The molecular weight excluding hydrogens is 206 g/mol. The highest BCUT2D eigenvalue weighted by Crippen LogP contribution is 2.34. The van der Waals surface area contributed by atoms with Crippen LogP contribution in [-0.2, 0) is 10.8 Å². The fourth-order valence-corrected chi connectivity index (χ4v) is 4.34. The number of hydrogen-bond acceptors (Lipinski definition) is 2. The van der Waals surface area contributed by atoms with Gasteiger partial charge in [0.2, 0.25) is 0 Å². The lowest BCUT2D eigenvalue weighted by atomic mass is 9.80. The summed E-state index contributed by atoms with van der Waals surface area (Å²) in [6.45, 7) is 7.06. The zero-order valence-corrected chi connectivity index (χ0v) is 11.1. The highest BCUT2D eigenvalue weighted by molar-refractivity contribution is 7.86. The molecular formula is C12H25NOS. The normalized spacial score (nSPS) is 34.3. The van der Waals surface area contributed by atoms with E-state index in [1.807, 2.05) is 0 Å². The van der Waals surface area contributed by atoms with E-state index in [1.54, 1.807) is 0 Å². The SMILES string of the molecule is CCC1CCC(CN)C(S(=O)C(C)C)C1. The smallest absolute Gasteiger partial charge is 0.0393 e. The zero-order valence-electron chi connectivity index (χ0n) is 10.2. The van der Waals surface area contributed by atoms with Gasteiger partial charge in [-0.25, -0.2) is 0 Å². The van der Waals surface area contributed by atoms with Crippen LogP contribution in [0.25, 0.3) is 0 Å². The van der Waals surface area contributed by atoms with Gasteiger partial charge < -0.3 is 5.73 Å². The summed E-state index contributed by atoms with van der Waals surface area (Å²) in [5.41, 5.74) is 5.78. The van der Waals surface area contributed by atoms with E-state index in [0.717, 1.165) is 12.3 Å². The highest BCUT2D eigenvalue weighted by Gasteiger charge is 2.33. The Morgan fingerprint density at radius 3 is 2.53 bits per heavy atom. The van der Waals surface area contributed by atoms with Crippen LogP contribution in [0.4, 0.5) is 0 Å². The molecule has 2 N–H and O–H groups in total. The molecule has 4 atom stereocenters. The standard InChI is InChI=1S/C12H25NOS/c1-4-10-5-6-11(8-13)12(7-10)15(14)9(2)3/h9-12H,4-8,13H2,1-3H3. The van der Waals surface area contributed by atoms with Gasteiger partial charge in [-0.05, 0) is 31.2 Å². The second-order valence-electron chi connectivity index (χ2n) is 5.00. The van der Waals surface area contributed by atoms with Crippen molar-refractivity contribution in [2.24, 2.45) is 17.6 Å². The van der Waals surface area contributed by atoms with Gasteiger partial charge in [0.1, 0.15) is 0 Å². The van der Waals surface area contributed by atoms with Gasteiger partial charge in [-0.2, -0.15) is 0 Å². The van der Waals surface area contributed by atoms with Crippen LogP contribution in [0.15, 0.2) is 0 Å². The van der Waals surface area contributed by atoms with Gasteiger partial charge in [-0.15, -0.1) is 0 Å². The predicted octanol–water partition coefficient (Wildman–Crippen LogP) is 2.30. The van der Waals surface area contributed by atoms with Crippen molar-refractivity contribution in [2.45, 2.75) is 57.0 Å². The molecule has 1 aliphatic carbocycles. The van der Waals surface area contributed by atoms with Crippen molar-refractivity contribution in [3.8, 4) is 0 Å². The molecule has 1 fully saturated rings. The molecule has 90 valence electrons. The Labute approximate surface area is 96.5 Å². The summed E-state index contributed by atoms with van der Waals surface area (Å²) in [6.07, 6.45) is 4.81. The Hall–Kier alpha value is 0.110. The van der Waals surface area contributed by atoms with Gasteiger partial charge >= 0.3 is 0 Å². The van der Waals surface area contributed by atoms with Crippen LogP contribution in [0.5, 0.6) is 0 Å². The number of rotatable bonds is 4. The van der Waals surface area contributed by atoms with Crippen LogP contribution < -0.4 is 5.73 Å². The Bertz CT molecular complexity index is 218. The molecule has 4 unspecified atom stereocenters. The first kappa shape index (κ1) is 13.2. The van der Waals surface area contributed by atoms with E-state index in [-0.39, 0.29) is 5.25 Å². The zero-order chi connectivity index (χ0) is 11.4. The molecule has 3 heteroatoms. The third-order valence-corrected chi connectivity index (χ3v) is 5.78. The Kier molecular flexibility index (Phi) is 5.27. The van der Waals surface area contributed by atoms with Crippen LogP contribution in [0, 0.1) is 11.8 Å². The summed E-state index contributed by atoms with van der Waals surface area (Å²) < 4.78 is 12.2. The van der Waals surface area contributed by atoms with E-state index in [0.29, 0.717) is 17.7 Å². The fraction of sp³-hybridized carbons (Fsp3) is 1.00. The summed E-state index contributed by atoms with van der Waals surface area (Å²) in [6, 6.07) is 0. The molecule has 0 bridgehead atoms. The van der Waals surface area contributed by atoms with E-state index >= 15 is 0 Å². The first-order valence-corrected chi connectivity index (χ1v) is 7.47. The van der Waals surface area contributed by atoms with Crippen LogP contribution in [0.3, 0.4) is 0 Å². The summed E-state index contributed by atoms with van der Waals surface area (Å²) in [5, 5.41) is 0.633. The molecule has 0 amide bonds. The molecule has 0 radical (unpaired) electrons. The van der Waals surface area contributed by atoms with E-state index in [2.05, 4.69) is 20.8 Å². The maximum atomic E-state index is 12.2. The van der Waals surface area contributed by atoms with Crippen molar-refractivity contribution in [3.05, 3.63) is 0 Å². The van der Waals surface area contributed by atoms with Gasteiger partial charge in [-0.3, -0.25) is 4.21 Å². The maximum absolute atomic E-state index is 12.2. The molecule has 0 heterocycles. The highest BCUT2D eigenvalue weighted by atomic mass is 32.2. The Balaban J connectivity index is 2.66.